The average Bonchev–Trinajstić information content (AvgIpc) is 3.05. The van der Waals surface area contributed by atoms with E-state index in [2.05, 4.69) is 15.4 Å². The van der Waals surface area contributed by atoms with Gasteiger partial charge in [-0.2, -0.15) is 18.3 Å². The van der Waals surface area contributed by atoms with E-state index in [1.807, 2.05) is 10.7 Å². The second-order valence-electron chi connectivity index (χ2n) is 7.40. The van der Waals surface area contributed by atoms with Gasteiger partial charge in [0.05, 0.1) is 29.2 Å². The minimum absolute atomic E-state index is 0.123. The summed E-state index contributed by atoms with van der Waals surface area (Å²) in [5, 5.41) is 7.92. The fraction of sp³-hybridized carbons (Fsp3) is 0.391. The van der Waals surface area contributed by atoms with Crippen LogP contribution in [-0.2, 0) is 6.54 Å². The Bertz CT molecular complexity index is 968. The van der Waals surface area contributed by atoms with Crippen molar-refractivity contribution < 1.29 is 17.6 Å². The van der Waals surface area contributed by atoms with Crippen molar-refractivity contribution in [3.8, 4) is 0 Å². The molecule has 0 spiro atoms. The number of anilines is 1. The van der Waals surface area contributed by atoms with Crippen molar-refractivity contribution in [2.45, 2.75) is 58.3 Å². The summed E-state index contributed by atoms with van der Waals surface area (Å²) < 4.78 is 55.3. The topological polar surface area (TPSA) is 42.7 Å². The van der Waals surface area contributed by atoms with Crippen molar-refractivity contribution in [2.24, 2.45) is 0 Å². The number of nitrogens with one attached hydrogen (secondary N) is 1. The highest BCUT2D eigenvalue weighted by molar-refractivity contribution is 5.74. The summed E-state index contributed by atoms with van der Waals surface area (Å²) >= 11 is 0. The predicted molar refractivity (Wildman–Crippen MR) is 114 cm³/mol. The fourth-order valence-corrected chi connectivity index (χ4v) is 3.61. The first-order valence-electron chi connectivity index (χ1n) is 10.4. The molecule has 1 unspecified atom stereocenters. The Kier molecular flexibility index (Phi) is 7.30. The molecule has 1 N–H and O–H groups in total. The highest BCUT2D eigenvalue weighted by atomic mass is 19.4. The summed E-state index contributed by atoms with van der Waals surface area (Å²) in [7, 11) is 0. The number of aromatic nitrogens is 3. The molecule has 8 heteroatoms. The zero-order valence-electron chi connectivity index (χ0n) is 17.6. The second kappa shape index (κ2) is 9.94. The van der Waals surface area contributed by atoms with E-state index in [0.717, 1.165) is 37.2 Å². The quantitative estimate of drug-likeness (QED) is 0.411. The maximum absolute atomic E-state index is 13.4. The third-order valence-electron chi connectivity index (χ3n) is 5.03. The third kappa shape index (κ3) is 5.83. The first-order valence-corrected chi connectivity index (χ1v) is 10.4. The van der Waals surface area contributed by atoms with Crippen molar-refractivity contribution in [3.63, 3.8) is 0 Å². The number of hydrogen-bond acceptors (Lipinski definition) is 3. The van der Waals surface area contributed by atoms with E-state index in [9.17, 15) is 17.6 Å². The lowest BCUT2D eigenvalue weighted by Crippen LogP contribution is -2.14. The Morgan fingerprint density at radius 3 is 2.74 bits per heavy atom. The van der Waals surface area contributed by atoms with Crippen LogP contribution in [0.15, 0.2) is 54.3 Å². The normalized spacial score (nSPS) is 18.2. The Labute approximate surface area is 179 Å². The summed E-state index contributed by atoms with van der Waals surface area (Å²) in [6.45, 7) is 4.12. The molecule has 31 heavy (non-hydrogen) atoms. The number of fused-ring (bicyclic) bond motifs is 1. The van der Waals surface area contributed by atoms with Gasteiger partial charge in [-0.1, -0.05) is 25.2 Å². The highest BCUT2D eigenvalue weighted by Crippen LogP contribution is 2.33. The van der Waals surface area contributed by atoms with Crippen LogP contribution in [0.2, 0.25) is 0 Å². The number of halogens is 4. The number of alkyl halides is 3. The first kappa shape index (κ1) is 22.8. The van der Waals surface area contributed by atoms with Gasteiger partial charge in [-0.25, -0.2) is 9.37 Å². The molecule has 0 amide bonds. The molecule has 2 aromatic rings. The van der Waals surface area contributed by atoms with E-state index in [1.54, 1.807) is 32.1 Å². The number of rotatable bonds is 6. The molecule has 1 aliphatic rings. The lowest BCUT2D eigenvalue weighted by atomic mass is 10.0. The number of allylic oxidation sites excluding steroid dienone is 6. The van der Waals surface area contributed by atoms with E-state index < -0.39 is 17.6 Å². The molecule has 0 aromatic carbocycles. The molecule has 0 fully saturated rings. The van der Waals surface area contributed by atoms with Crippen molar-refractivity contribution in [1.82, 2.24) is 14.8 Å². The number of hydrogen-bond donors (Lipinski definition) is 1. The van der Waals surface area contributed by atoms with Crippen LogP contribution >= 0.6 is 0 Å². The van der Waals surface area contributed by atoms with Crippen LogP contribution < -0.4 is 5.32 Å². The van der Waals surface area contributed by atoms with Gasteiger partial charge in [0.15, 0.2) is 0 Å². The van der Waals surface area contributed by atoms with E-state index in [0.29, 0.717) is 23.6 Å². The maximum atomic E-state index is 13.4. The fourth-order valence-electron chi connectivity index (χ4n) is 3.61. The molecule has 0 saturated heterocycles. The smallest absolute Gasteiger partial charge is 0.362 e. The summed E-state index contributed by atoms with van der Waals surface area (Å²) in [5.41, 5.74) is 1.08. The van der Waals surface area contributed by atoms with E-state index in [4.69, 9.17) is 0 Å². The number of nitrogens with zero attached hydrogens (tertiary/aromatic N) is 3. The molecule has 3 rings (SSSR count). The second-order valence-corrected chi connectivity index (χ2v) is 7.40. The molecule has 3 heterocycles. The van der Waals surface area contributed by atoms with Crippen molar-refractivity contribution >= 4 is 11.4 Å². The van der Waals surface area contributed by atoms with Gasteiger partial charge < -0.3 is 5.32 Å². The largest absolute Gasteiger partial charge is 0.416 e. The highest BCUT2D eigenvalue weighted by Gasteiger charge is 2.32. The molecule has 166 valence electrons. The molecule has 0 saturated carbocycles. The molecule has 0 radical (unpaired) electrons. The molecule has 0 aliphatic carbocycles. The van der Waals surface area contributed by atoms with Crippen LogP contribution in [0.3, 0.4) is 0 Å². The average molecular weight is 434 g/mol. The predicted octanol–water partition coefficient (Wildman–Crippen LogP) is 6.61. The van der Waals surface area contributed by atoms with Gasteiger partial charge in [-0.05, 0) is 56.9 Å². The Morgan fingerprint density at radius 1 is 1.29 bits per heavy atom. The number of aryl methyl sites for hydroxylation is 1. The monoisotopic (exact) mass is 434 g/mol. The van der Waals surface area contributed by atoms with Crippen LogP contribution in [0.25, 0.3) is 5.57 Å². The van der Waals surface area contributed by atoms with Gasteiger partial charge in [0.1, 0.15) is 11.6 Å². The van der Waals surface area contributed by atoms with Crippen LogP contribution in [0.4, 0.5) is 23.4 Å². The molecular formula is C23H26F4N4. The Balaban J connectivity index is 1.98. The van der Waals surface area contributed by atoms with E-state index >= 15 is 0 Å². The minimum Gasteiger partial charge on any atom is -0.362 e. The standard InChI is InChI=1S/C23H26F4N4/c1-3-7-16(13-17(8-4-2)23(25,26)27)20-14-21-19(9-5-6-12-31(21)30-20)29-22-11-10-18(24)15-28-22/h3,7-8,10-11,13-15,19H,4-6,9,12H2,1-2H3,(H,28,29)/b7-3-,16-13+,17-8-. The van der Waals surface area contributed by atoms with Crippen LogP contribution in [0.5, 0.6) is 0 Å². The van der Waals surface area contributed by atoms with Crippen molar-refractivity contribution in [2.75, 3.05) is 5.32 Å². The van der Waals surface area contributed by atoms with Gasteiger partial charge in [0.2, 0.25) is 0 Å². The van der Waals surface area contributed by atoms with Gasteiger partial charge in [0, 0.05) is 12.1 Å². The zero-order chi connectivity index (χ0) is 22.4. The van der Waals surface area contributed by atoms with E-state index in [1.165, 1.54) is 12.1 Å². The van der Waals surface area contributed by atoms with Crippen molar-refractivity contribution in [1.29, 1.82) is 0 Å². The van der Waals surface area contributed by atoms with Gasteiger partial charge in [-0.15, -0.1) is 0 Å². The molecule has 1 atom stereocenters. The summed E-state index contributed by atoms with van der Waals surface area (Å²) in [5.74, 6) is 0.123. The van der Waals surface area contributed by atoms with Crippen LogP contribution in [-0.4, -0.2) is 20.9 Å². The SMILES string of the molecule is C\C=C/C(=C\C(=C\CC)C(F)(F)F)c1cc2n(n1)CCCCC2Nc1ccc(F)cn1. The van der Waals surface area contributed by atoms with E-state index in [-0.39, 0.29) is 12.5 Å². The lowest BCUT2D eigenvalue weighted by molar-refractivity contribution is -0.0883. The minimum atomic E-state index is -4.43. The Morgan fingerprint density at radius 2 is 2.10 bits per heavy atom. The molecule has 2 aromatic heterocycles. The molecule has 0 bridgehead atoms. The zero-order valence-corrected chi connectivity index (χ0v) is 17.6. The van der Waals surface area contributed by atoms with Gasteiger partial charge in [0.25, 0.3) is 0 Å². The molecule has 1 aliphatic heterocycles. The Hall–Kier alpha value is -2.90. The van der Waals surface area contributed by atoms with Crippen molar-refractivity contribution in [3.05, 3.63) is 71.5 Å². The van der Waals surface area contributed by atoms with Crippen LogP contribution in [0, 0.1) is 5.82 Å². The first-order chi connectivity index (χ1) is 14.8. The van der Waals surface area contributed by atoms with Crippen LogP contribution in [0.1, 0.15) is 57.0 Å². The lowest BCUT2D eigenvalue weighted by Gasteiger charge is -2.17. The molecular weight excluding hydrogens is 408 g/mol. The third-order valence-corrected chi connectivity index (χ3v) is 5.03. The summed E-state index contributed by atoms with van der Waals surface area (Å²) in [6.07, 6.45) is 5.36. The summed E-state index contributed by atoms with van der Waals surface area (Å²) in [4.78, 5) is 4.06. The molecule has 4 nitrogen and oxygen atoms in total. The summed E-state index contributed by atoms with van der Waals surface area (Å²) in [6, 6.07) is 4.61. The maximum Gasteiger partial charge on any atom is 0.416 e. The van der Waals surface area contributed by atoms with Gasteiger partial charge in [-0.3, -0.25) is 4.68 Å². The van der Waals surface area contributed by atoms with Gasteiger partial charge >= 0.3 is 6.18 Å². The number of pyridine rings is 1.